The SMILES string of the molecule is O=C1CN(C(=O)c2ccc(CNC(=O)C3CC(F)(F)CN3)cc2)CCN1. The summed E-state index contributed by atoms with van der Waals surface area (Å²) < 4.78 is 26.2. The van der Waals surface area contributed by atoms with Gasteiger partial charge in [0.1, 0.15) is 0 Å². The Hall–Kier alpha value is -2.55. The van der Waals surface area contributed by atoms with Crippen LogP contribution in [-0.4, -0.2) is 60.8 Å². The van der Waals surface area contributed by atoms with Gasteiger partial charge in [-0.15, -0.1) is 0 Å². The monoisotopic (exact) mass is 366 g/mol. The van der Waals surface area contributed by atoms with E-state index in [2.05, 4.69) is 16.0 Å². The number of benzene rings is 1. The maximum atomic E-state index is 13.1. The second kappa shape index (κ2) is 7.36. The van der Waals surface area contributed by atoms with Crippen LogP contribution >= 0.6 is 0 Å². The Morgan fingerprint density at radius 1 is 1.27 bits per heavy atom. The predicted molar refractivity (Wildman–Crippen MR) is 88.6 cm³/mol. The molecule has 2 saturated heterocycles. The predicted octanol–water partition coefficient (Wildman–Crippen LogP) is -0.128. The van der Waals surface area contributed by atoms with E-state index >= 15 is 0 Å². The van der Waals surface area contributed by atoms with Crippen molar-refractivity contribution in [3.63, 3.8) is 0 Å². The van der Waals surface area contributed by atoms with Gasteiger partial charge in [0.2, 0.25) is 11.8 Å². The van der Waals surface area contributed by atoms with Gasteiger partial charge in [0.05, 0.1) is 19.1 Å². The molecule has 2 fully saturated rings. The highest BCUT2D eigenvalue weighted by molar-refractivity contribution is 5.97. The van der Waals surface area contributed by atoms with Gasteiger partial charge in [0.15, 0.2) is 0 Å². The number of carbonyl (C=O) groups is 3. The first kappa shape index (κ1) is 18.2. The van der Waals surface area contributed by atoms with Gasteiger partial charge in [-0.1, -0.05) is 12.1 Å². The average molecular weight is 366 g/mol. The quantitative estimate of drug-likeness (QED) is 0.693. The molecule has 1 atom stereocenters. The minimum absolute atomic E-state index is 0.0374. The summed E-state index contributed by atoms with van der Waals surface area (Å²) in [6, 6.07) is 5.73. The highest BCUT2D eigenvalue weighted by atomic mass is 19.3. The fourth-order valence-corrected chi connectivity index (χ4v) is 2.97. The molecule has 0 radical (unpaired) electrons. The van der Waals surface area contributed by atoms with Crippen LogP contribution in [0.2, 0.25) is 0 Å². The van der Waals surface area contributed by atoms with Crippen LogP contribution in [0, 0.1) is 0 Å². The molecule has 7 nitrogen and oxygen atoms in total. The average Bonchev–Trinajstić information content (AvgIpc) is 2.99. The summed E-state index contributed by atoms with van der Waals surface area (Å²) >= 11 is 0. The Kier molecular flexibility index (Phi) is 5.17. The summed E-state index contributed by atoms with van der Waals surface area (Å²) in [7, 11) is 0. The van der Waals surface area contributed by atoms with Crippen LogP contribution < -0.4 is 16.0 Å². The minimum Gasteiger partial charge on any atom is -0.353 e. The van der Waals surface area contributed by atoms with Gasteiger partial charge in [-0.2, -0.15) is 0 Å². The second-order valence-corrected chi connectivity index (χ2v) is 6.48. The van der Waals surface area contributed by atoms with Crippen molar-refractivity contribution in [2.45, 2.75) is 24.9 Å². The van der Waals surface area contributed by atoms with E-state index in [0.717, 1.165) is 5.56 Å². The van der Waals surface area contributed by atoms with E-state index in [4.69, 9.17) is 0 Å². The van der Waals surface area contributed by atoms with Crippen molar-refractivity contribution in [1.82, 2.24) is 20.9 Å². The number of halogens is 2. The molecule has 2 aliphatic heterocycles. The molecule has 9 heteroatoms. The standard InChI is InChI=1S/C17H20F2N4O3/c18-17(19)7-13(22-10-17)15(25)21-8-11-1-3-12(4-2-11)16(26)23-6-5-20-14(24)9-23/h1-4,13,22H,5-10H2,(H,20,24)(H,21,25). The highest BCUT2D eigenvalue weighted by Gasteiger charge is 2.42. The summed E-state index contributed by atoms with van der Waals surface area (Å²) in [5, 5.41) is 7.77. The molecule has 2 aliphatic rings. The number of carbonyl (C=O) groups excluding carboxylic acids is 3. The summed E-state index contributed by atoms with van der Waals surface area (Å²) in [6.07, 6.45) is -0.504. The number of amides is 3. The molecule has 2 heterocycles. The fourth-order valence-electron chi connectivity index (χ4n) is 2.97. The Morgan fingerprint density at radius 2 is 2.00 bits per heavy atom. The van der Waals surface area contributed by atoms with Gasteiger partial charge < -0.3 is 15.5 Å². The lowest BCUT2D eigenvalue weighted by Crippen LogP contribution is -2.49. The first-order valence-corrected chi connectivity index (χ1v) is 8.38. The number of hydrogen-bond donors (Lipinski definition) is 3. The van der Waals surface area contributed by atoms with E-state index in [9.17, 15) is 23.2 Å². The Labute approximate surface area is 149 Å². The van der Waals surface area contributed by atoms with Gasteiger partial charge in [-0.3, -0.25) is 19.7 Å². The summed E-state index contributed by atoms with van der Waals surface area (Å²) in [5.41, 5.74) is 1.20. The molecule has 0 saturated carbocycles. The lowest BCUT2D eigenvalue weighted by atomic mass is 10.1. The van der Waals surface area contributed by atoms with Gasteiger partial charge in [-0.05, 0) is 17.7 Å². The van der Waals surface area contributed by atoms with Crippen molar-refractivity contribution in [2.75, 3.05) is 26.2 Å². The normalized spacial score (nSPS) is 22.0. The van der Waals surface area contributed by atoms with E-state index in [1.54, 1.807) is 24.3 Å². The van der Waals surface area contributed by atoms with Crippen LogP contribution in [0.5, 0.6) is 0 Å². The second-order valence-electron chi connectivity index (χ2n) is 6.48. The molecule has 26 heavy (non-hydrogen) atoms. The Balaban J connectivity index is 1.52. The van der Waals surface area contributed by atoms with E-state index in [-0.39, 0.29) is 24.9 Å². The highest BCUT2D eigenvalue weighted by Crippen LogP contribution is 2.25. The molecule has 1 aromatic rings. The molecular weight excluding hydrogens is 346 g/mol. The minimum atomic E-state index is -2.85. The number of nitrogens with zero attached hydrogens (tertiary/aromatic N) is 1. The van der Waals surface area contributed by atoms with Crippen LogP contribution in [0.4, 0.5) is 8.78 Å². The van der Waals surface area contributed by atoms with Crippen molar-refractivity contribution >= 4 is 17.7 Å². The topological polar surface area (TPSA) is 90.5 Å². The largest absolute Gasteiger partial charge is 0.353 e. The molecule has 0 spiro atoms. The fraction of sp³-hybridized carbons (Fsp3) is 0.471. The molecular formula is C17H20F2N4O3. The zero-order chi connectivity index (χ0) is 18.7. The first-order valence-electron chi connectivity index (χ1n) is 8.38. The molecule has 1 unspecified atom stereocenters. The van der Waals surface area contributed by atoms with Crippen molar-refractivity contribution in [1.29, 1.82) is 0 Å². The lowest BCUT2D eigenvalue weighted by Gasteiger charge is -2.26. The molecule has 1 aromatic carbocycles. The molecule has 3 amide bonds. The maximum absolute atomic E-state index is 13.1. The van der Waals surface area contributed by atoms with Gasteiger partial charge in [0, 0.05) is 31.6 Å². The molecule has 0 bridgehead atoms. The van der Waals surface area contributed by atoms with E-state index in [1.807, 2.05) is 0 Å². The van der Waals surface area contributed by atoms with Crippen LogP contribution in [0.1, 0.15) is 22.3 Å². The van der Waals surface area contributed by atoms with Crippen LogP contribution in [0.3, 0.4) is 0 Å². The zero-order valence-electron chi connectivity index (χ0n) is 14.1. The summed E-state index contributed by atoms with van der Waals surface area (Å²) in [5.74, 6) is -3.74. The summed E-state index contributed by atoms with van der Waals surface area (Å²) in [6.45, 7) is 0.625. The third-order valence-electron chi connectivity index (χ3n) is 4.42. The summed E-state index contributed by atoms with van der Waals surface area (Å²) in [4.78, 5) is 37.1. The van der Waals surface area contributed by atoms with E-state index in [0.29, 0.717) is 18.7 Å². The van der Waals surface area contributed by atoms with Crippen molar-refractivity contribution in [2.24, 2.45) is 0 Å². The van der Waals surface area contributed by atoms with E-state index in [1.165, 1.54) is 4.90 Å². The van der Waals surface area contributed by atoms with Crippen LogP contribution in [0.15, 0.2) is 24.3 Å². The van der Waals surface area contributed by atoms with Crippen LogP contribution in [-0.2, 0) is 16.1 Å². The van der Waals surface area contributed by atoms with Crippen molar-refractivity contribution in [3.05, 3.63) is 35.4 Å². The zero-order valence-corrected chi connectivity index (χ0v) is 14.1. The lowest BCUT2D eigenvalue weighted by molar-refractivity contribution is -0.124. The molecule has 0 aromatic heterocycles. The Bertz CT molecular complexity index is 708. The van der Waals surface area contributed by atoms with Crippen molar-refractivity contribution < 1.29 is 23.2 Å². The van der Waals surface area contributed by atoms with Gasteiger partial charge >= 0.3 is 0 Å². The van der Waals surface area contributed by atoms with E-state index < -0.39 is 30.8 Å². The van der Waals surface area contributed by atoms with Crippen molar-refractivity contribution in [3.8, 4) is 0 Å². The smallest absolute Gasteiger partial charge is 0.262 e. The number of rotatable bonds is 4. The number of hydrogen-bond acceptors (Lipinski definition) is 4. The number of nitrogens with one attached hydrogen (secondary N) is 3. The third-order valence-corrected chi connectivity index (χ3v) is 4.42. The Morgan fingerprint density at radius 3 is 2.62 bits per heavy atom. The molecule has 140 valence electrons. The van der Waals surface area contributed by atoms with Gasteiger partial charge in [0.25, 0.3) is 11.8 Å². The van der Waals surface area contributed by atoms with Gasteiger partial charge in [-0.25, -0.2) is 8.78 Å². The number of piperazine rings is 1. The number of alkyl halides is 2. The molecule has 3 rings (SSSR count). The maximum Gasteiger partial charge on any atom is 0.262 e. The molecule has 3 N–H and O–H groups in total. The first-order chi connectivity index (χ1) is 12.3. The van der Waals surface area contributed by atoms with Crippen LogP contribution in [0.25, 0.3) is 0 Å². The third kappa shape index (κ3) is 4.34. The molecule has 0 aliphatic carbocycles.